The van der Waals surface area contributed by atoms with Crippen LogP contribution in [0.1, 0.15) is 22.8 Å². The molecular formula is C21H15NO5. The first-order valence-electron chi connectivity index (χ1n) is 7.83. The molecule has 0 radical (unpaired) electrons. The number of ether oxygens (including phenoxy) is 2. The van der Waals surface area contributed by atoms with Crippen LogP contribution in [-0.4, -0.2) is 17.7 Å². The Labute approximate surface area is 155 Å². The second-order valence-corrected chi connectivity index (χ2v) is 5.30. The quantitative estimate of drug-likeness (QED) is 0.338. The summed E-state index contributed by atoms with van der Waals surface area (Å²) in [5.74, 6) is -1.45. The lowest BCUT2D eigenvalue weighted by Crippen LogP contribution is -2.12. The van der Waals surface area contributed by atoms with E-state index in [-0.39, 0.29) is 22.4 Å². The molecule has 27 heavy (non-hydrogen) atoms. The van der Waals surface area contributed by atoms with Gasteiger partial charge in [-0.25, -0.2) is 9.59 Å². The number of esters is 2. The average molecular weight is 361 g/mol. The molecule has 2 aromatic carbocycles. The zero-order valence-corrected chi connectivity index (χ0v) is 14.5. The molecule has 0 saturated carbocycles. The Hall–Kier alpha value is -3.98. The first-order valence-corrected chi connectivity index (χ1v) is 7.83. The number of Topliss-reactive ketones (excluding diaryl/α,β-unsaturated/α-hetero) is 1. The van der Waals surface area contributed by atoms with Crippen LogP contribution in [0.4, 0.5) is 0 Å². The van der Waals surface area contributed by atoms with Crippen molar-refractivity contribution < 1.29 is 23.9 Å². The van der Waals surface area contributed by atoms with Crippen molar-refractivity contribution in [3.05, 3.63) is 77.9 Å². The van der Waals surface area contributed by atoms with Crippen LogP contribution in [-0.2, 0) is 9.59 Å². The molecule has 0 spiro atoms. The summed E-state index contributed by atoms with van der Waals surface area (Å²) >= 11 is 0. The fourth-order valence-corrected chi connectivity index (χ4v) is 2.08. The van der Waals surface area contributed by atoms with Crippen LogP contribution in [0.5, 0.6) is 11.5 Å². The van der Waals surface area contributed by atoms with Gasteiger partial charge in [-0.15, -0.1) is 0 Å². The molecule has 0 bridgehead atoms. The highest BCUT2D eigenvalue weighted by molar-refractivity contribution is 6.04. The number of para-hydroxylation sites is 1. The number of rotatable bonds is 6. The Morgan fingerprint density at radius 1 is 1.04 bits per heavy atom. The maximum absolute atomic E-state index is 12.6. The van der Waals surface area contributed by atoms with E-state index in [0.717, 1.165) is 6.08 Å². The number of hydrogen-bond acceptors (Lipinski definition) is 6. The van der Waals surface area contributed by atoms with Gasteiger partial charge in [0, 0.05) is 6.08 Å². The maximum Gasteiger partial charge on any atom is 0.344 e. The van der Waals surface area contributed by atoms with Gasteiger partial charge in [0.25, 0.3) is 0 Å². The van der Waals surface area contributed by atoms with Crippen LogP contribution < -0.4 is 9.47 Å². The highest BCUT2D eigenvalue weighted by Gasteiger charge is 2.16. The molecule has 2 aromatic rings. The molecule has 0 atom stereocenters. The summed E-state index contributed by atoms with van der Waals surface area (Å²) in [6.07, 6.45) is 2.27. The predicted molar refractivity (Wildman–Crippen MR) is 97.9 cm³/mol. The number of hydrogen-bond donors (Lipinski definition) is 0. The number of benzene rings is 2. The van der Waals surface area contributed by atoms with Crippen molar-refractivity contribution >= 4 is 23.8 Å². The van der Waals surface area contributed by atoms with Gasteiger partial charge in [-0.1, -0.05) is 30.8 Å². The molecule has 0 heterocycles. The van der Waals surface area contributed by atoms with E-state index in [2.05, 4.69) is 6.58 Å². The Morgan fingerprint density at radius 2 is 1.74 bits per heavy atom. The van der Waals surface area contributed by atoms with Crippen molar-refractivity contribution in [2.45, 2.75) is 6.92 Å². The standard InChI is InChI=1S/C21H15NO5/c1-3-20(24)26-18-10-9-15(11-16(13-22)14(2)23)19(12-18)21(25)27-17-7-5-4-6-8-17/h3-12H,1H2,2H3/b16-11+. The summed E-state index contributed by atoms with van der Waals surface area (Å²) < 4.78 is 10.3. The Bertz CT molecular complexity index is 968. The van der Waals surface area contributed by atoms with Crippen LogP contribution in [0, 0.1) is 11.3 Å². The van der Waals surface area contributed by atoms with Crippen molar-refractivity contribution in [2.24, 2.45) is 0 Å². The molecule has 2 rings (SSSR count). The fourth-order valence-electron chi connectivity index (χ4n) is 2.08. The Morgan fingerprint density at radius 3 is 2.33 bits per heavy atom. The van der Waals surface area contributed by atoms with Gasteiger partial charge in [-0.2, -0.15) is 5.26 Å². The normalized spacial score (nSPS) is 10.4. The van der Waals surface area contributed by atoms with Crippen molar-refractivity contribution in [3.8, 4) is 17.6 Å². The third-order valence-corrected chi connectivity index (χ3v) is 3.38. The van der Waals surface area contributed by atoms with Gasteiger partial charge in [0.05, 0.1) is 11.1 Å². The van der Waals surface area contributed by atoms with Crippen molar-refractivity contribution in [2.75, 3.05) is 0 Å². The Kier molecular flexibility index (Phi) is 6.39. The second-order valence-electron chi connectivity index (χ2n) is 5.30. The maximum atomic E-state index is 12.6. The van der Waals surface area contributed by atoms with Crippen LogP contribution in [0.15, 0.2) is 66.8 Å². The lowest BCUT2D eigenvalue weighted by molar-refractivity contribution is -0.129. The van der Waals surface area contributed by atoms with Gasteiger partial charge in [0.1, 0.15) is 17.6 Å². The zero-order chi connectivity index (χ0) is 19.8. The summed E-state index contributed by atoms with van der Waals surface area (Å²) in [5, 5.41) is 9.09. The van der Waals surface area contributed by atoms with E-state index in [1.807, 2.05) is 0 Å². The number of nitriles is 1. The summed E-state index contributed by atoms with van der Waals surface area (Å²) in [6, 6.07) is 14.3. The number of ketones is 1. The summed E-state index contributed by atoms with van der Waals surface area (Å²) in [5.41, 5.74) is 0.183. The van der Waals surface area contributed by atoms with E-state index >= 15 is 0 Å². The minimum Gasteiger partial charge on any atom is -0.423 e. The number of allylic oxidation sites excluding steroid dienone is 1. The van der Waals surface area contributed by atoms with Crippen molar-refractivity contribution in [3.63, 3.8) is 0 Å². The molecule has 6 nitrogen and oxygen atoms in total. The van der Waals surface area contributed by atoms with Crippen molar-refractivity contribution in [1.29, 1.82) is 5.26 Å². The third kappa shape index (κ3) is 5.25. The van der Waals surface area contributed by atoms with Gasteiger partial charge in [-0.3, -0.25) is 4.79 Å². The van der Waals surface area contributed by atoms with Gasteiger partial charge in [0.15, 0.2) is 5.78 Å². The first-order chi connectivity index (χ1) is 12.9. The van der Waals surface area contributed by atoms with Gasteiger partial charge in [0.2, 0.25) is 0 Å². The third-order valence-electron chi connectivity index (χ3n) is 3.38. The minimum absolute atomic E-state index is 0.0298. The molecule has 0 amide bonds. The molecule has 0 aliphatic rings. The molecule has 0 aromatic heterocycles. The van der Waals surface area contributed by atoms with E-state index < -0.39 is 17.7 Å². The molecular weight excluding hydrogens is 346 g/mol. The monoisotopic (exact) mass is 361 g/mol. The molecule has 6 heteroatoms. The van der Waals surface area contributed by atoms with E-state index in [0.29, 0.717) is 5.75 Å². The van der Waals surface area contributed by atoms with Gasteiger partial charge in [-0.05, 0) is 42.8 Å². The van der Waals surface area contributed by atoms with Crippen LogP contribution in [0.3, 0.4) is 0 Å². The molecule has 0 N–H and O–H groups in total. The highest BCUT2D eigenvalue weighted by Crippen LogP contribution is 2.23. The lowest BCUT2D eigenvalue weighted by Gasteiger charge is -2.10. The SMILES string of the molecule is C=CC(=O)Oc1ccc(/C=C(\C#N)C(C)=O)c(C(=O)Oc2ccccc2)c1. The number of nitrogens with zero attached hydrogens (tertiary/aromatic N) is 1. The predicted octanol–water partition coefficient (Wildman–Crippen LogP) is 3.49. The largest absolute Gasteiger partial charge is 0.423 e. The number of carbonyl (C=O) groups is 3. The zero-order valence-electron chi connectivity index (χ0n) is 14.5. The highest BCUT2D eigenvalue weighted by atomic mass is 16.5. The smallest absolute Gasteiger partial charge is 0.344 e. The lowest BCUT2D eigenvalue weighted by atomic mass is 10.0. The molecule has 0 fully saturated rings. The topological polar surface area (TPSA) is 93.5 Å². The van der Waals surface area contributed by atoms with Crippen LogP contribution in [0.2, 0.25) is 0 Å². The summed E-state index contributed by atoms with van der Waals surface area (Å²) in [6.45, 7) is 4.56. The Balaban J connectivity index is 2.48. The van der Waals surface area contributed by atoms with E-state index in [1.54, 1.807) is 36.4 Å². The summed E-state index contributed by atoms with van der Waals surface area (Å²) in [7, 11) is 0. The molecule has 0 aliphatic heterocycles. The minimum atomic E-state index is -0.732. The van der Waals surface area contributed by atoms with E-state index in [9.17, 15) is 14.4 Å². The van der Waals surface area contributed by atoms with Crippen molar-refractivity contribution in [1.82, 2.24) is 0 Å². The molecule has 0 aliphatic carbocycles. The van der Waals surface area contributed by atoms with Crippen LogP contribution >= 0.6 is 0 Å². The molecule has 0 saturated heterocycles. The average Bonchev–Trinajstić information content (AvgIpc) is 2.67. The van der Waals surface area contributed by atoms with Crippen LogP contribution in [0.25, 0.3) is 6.08 Å². The molecule has 134 valence electrons. The number of carbonyl (C=O) groups excluding carboxylic acids is 3. The summed E-state index contributed by atoms with van der Waals surface area (Å²) in [4.78, 5) is 35.5. The van der Waals surface area contributed by atoms with Gasteiger partial charge < -0.3 is 9.47 Å². The molecule has 0 unspecified atom stereocenters. The second kappa shape index (κ2) is 8.92. The first kappa shape index (κ1) is 19.3. The van der Waals surface area contributed by atoms with E-state index in [1.165, 1.54) is 31.2 Å². The van der Waals surface area contributed by atoms with E-state index in [4.69, 9.17) is 14.7 Å². The fraction of sp³-hybridized carbons (Fsp3) is 0.0476. The van der Waals surface area contributed by atoms with Gasteiger partial charge >= 0.3 is 11.9 Å².